The molecular formula is C20H25N3O3. The Balaban J connectivity index is 1.28. The number of aromatic nitrogens is 1. The Labute approximate surface area is 153 Å². The Morgan fingerprint density at radius 1 is 1.23 bits per heavy atom. The number of rotatable bonds is 6. The van der Waals surface area contributed by atoms with Gasteiger partial charge < -0.3 is 5.32 Å². The van der Waals surface area contributed by atoms with Crippen LogP contribution in [0, 0.1) is 23.7 Å². The van der Waals surface area contributed by atoms with Gasteiger partial charge in [-0.25, -0.2) is 0 Å². The first-order valence-electron chi connectivity index (χ1n) is 9.59. The standard InChI is InChI=1S/C20H25N3O3/c1-12(10-15-4-2-3-8-21-15)22-16(24)7-9-23-19(25)17-13-5-6-14(11-13)18(17)20(23)26/h2-4,8,12-14,17-18H,5-7,9-11H2,1H3,(H,22,24)/t12-,13-,14-,17-,18+/m0/s1. The van der Waals surface area contributed by atoms with Crippen LogP contribution in [0.2, 0.25) is 0 Å². The normalized spacial score (nSPS) is 30.6. The maximum absolute atomic E-state index is 12.6. The monoisotopic (exact) mass is 355 g/mol. The molecule has 1 aromatic heterocycles. The van der Waals surface area contributed by atoms with Gasteiger partial charge in [0.25, 0.3) is 0 Å². The lowest BCUT2D eigenvalue weighted by Crippen LogP contribution is -2.39. The zero-order chi connectivity index (χ0) is 18.3. The molecule has 138 valence electrons. The molecule has 4 rings (SSSR count). The molecule has 3 aliphatic rings. The molecular weight excluding hydrogens is 330 g/mol. The Bertz CT molecular complexity index is 692. The topological polar surface area (TPSA) is 79.4 Å². The molecule has 2 saturated carbocycles. The molecule has 5 atom stereocenters. The molecule has 26 heavy (non-hydrogen) atoms. The number of fused-ring (bicyclic) bond motifs is 5. The number of hydrogen-bond donors (Lipinski definition) is 1. The highest BCUT2D eigenvalue weighted by atomic mass is 16.2. The molecule has 6 heteroatoms. The molecule has 1 aliphatic heterocycles. The highest BCUT2D eigenvalue weighted by molar-refractivity contribution is 6.06. The van der Waals surface area contributed by atoms with Gasteiger partial charge in [0.1, 0.15) is 0 Å². The summed E-state index contributed by atoms with van der Waals surface area (Å²) in [5, 5.41) is 2.93. The highest BCUT2D eigenvalue weighted by Crippen LogP contribution is 2.56. The van der Waals surface area contributed by atoms with Gasteiger partial charge in [0.05, 0.1) is 11.8 Å². The van der Waals surface area contributed by atoms with E-state index in [0.29, 0.717) is 18.3 Å². The van der Waals surface area contributed by atoms with E-state index in [2.05, 4.69) is 10.3 Å². The van der Waals surface area contributed by atoms with E-state index in [-0.39, 0.29) is 48.6 Å². The average molecular weight is 355 g/mol. The minimum Gasteiger partial charge on any atom is -0.353 e. The third kappa shape index (κ3) is 3.02. The number of pyridine rings is 1. The van der Waals surface area contributed by atoms with Gasteiger partial charge in [-0.05, 0) is 50.2 Å². The number of amides is 3. The predicted octanol–water partition coefficient (Wildman–Crippen LogP) is 1.55. The summed E-state index contributed by atoms with van der Waals surface area (Å²) >= 11 is 0. The molecule has 2 heterocycles. The third-order valence-corrected chi connectivity index (χ3v) is 6.23. The van der Waals surface area contributed by atoms with Gasteiger partial charge >= 0.3 is 0 Å². The van der Waals surface area contributed by atoms with E-state index in [4.69, 9.17) is 0 Å². The molecule has 2 aliphatic carbocycles. The Morgan fingerprint density at radius 3 is 2.54 bits per heavy atom. The number of likely N-dealkylation sites (tertiary alicyclic amines) is 1. The van der Waals surface area contributed by atoms with Crippen LogP contribution in [-0.2, 0) is 20.8 Å². The second-order valence-electron chi connectivity index (χ2n) is 7.96. The molecule has 0 aromatic carbocycles. The van der Waals surface area contributed by atoms with Gasteiger partial charge in [0.15, 0.2) is 0 Å². The minimum absolute atomic E-state index is 0.0402. The molecule has 0 spiro atoms. The first kappa shape index (κ1) is 17.2. The summed E-state index contributed by atoms with van der Waals surface area (Å²) < 4.78 is 0. The van der Waals surface area contributed by atoms with Crippen molar-refractivity contribution in [2.45, 2.75) is 45.1 Å². The van der Waals surface area contributed by atoms with E-state index in [9.17, 15) is 14.4 Å². The average Bonchev–Trinajstić information content (AvgIpc) is 3.29. The SMILES string of the molecule is C[C@@H](Cc1ccccn1)NC(=O)CCN1C(=O)[C@@H]2[C@H]3CC[C@@H](C3)[C@@H]2C1=O. The number of nitrogens with one attached hydrogen (secondary N) is 1. The van der Waals surface area contributed by atoms with Crippen molar-refractivity contribution in [2.24, 2.45) is 23.7 Å². The van der Waals surface area contributed by atoms with Gasteiger partial charge in [-0.1, -0.05) is 6.07 Å². The summed E-state index contributed by atoms with van der Waals surface area (Å²) in [6.45, 7) is 2.13. The van der Waals surface area contributed by atoms with Crippen LogP contribution >= 0.6 is 0 Å². The largest absolute Gasteiger partial charge is 0.353 e. The third-order valence-electron chi connectivity index (χ3n) is 6.23. The summed E-state index contributed by atoms with van der Waals surface area (Å²) in [4.78, 5) is 43.1. The van der Waals surface area contributed by atoms with Crippen molar-refractivity contribution in [3.05, 3.63) is 30.1 Å². The fourth-order valence-electron chi connectivity index (χ4n) is 5.13. The molecule has 0 unspecified atom stereocenters. The van der Waals surface area contributed by atoms with Crippen LogP contribution in [0.1, 0.15) is 38.3 Å². The number of imide groups is 1. The summed E-state index contributed by atoms with van der Waals surface area (Å²) in [7, 11) is 0. The van der Waals surface area contributed by atoms with Gasteiger partial charge in [0, 0.05) is 37.3 Å². The van der Waals surface area contributed by atoms with Gasteiger partial charge in [-0.2, -0.15) is 0 Å². The van der Waals surface area contributed by atoms with Crippen molar-refractivity contribution in [1.82, 2.24) is 15.2 Å². The predicted molar refractivity (Wildman–Crippen MR) is 94.7 cm³/mol. The molecule has 6 nitrogen and oxygen atoms in total. The Kier molecular flexibility index (Phi) is 4.51. The number of hydrogen-bond acceptors (Lipinski definition) is 4. The lowest BCUT2D eigenvalue weighted by atomic mass is 9.81. The number of nitrogens with zero attached hydrogens (tertiary/aromatic N) is 2. The molecule has 1 aromatic rings. The smallest absolute Gasteiger partial charge is 0.233 e. The van der Waals surface area contributed by atoms with Gasteiger partial charge in [0.2, 0.25) is 17.7 Å². The molecule has 0 radical (unpaired) electrons. The minimum atomic E-state index is -0.130. The Hall–Kier alpha value is -2.24. The summed E-state index contributed by atoms with van der Waals surface area (Å²) in [5.41, 5.74) is 0.925. The van der Waals surface area contributed by atoms with Crippen LogP contribution in [0.5, 0.6) is 0 Å². The van der Waals surface area contributed by atoms with E-state index < -0.39 is 0 Å². The van der Waals surface area contributed by atoms with Crippen molar-refractivity contribution in [3.63, 3.8) is 0 Å². The first-order valence-corrected chi connectivity index (χ1v) is 9.59. The van der Waals surface area contributed by atoms with E-state index >= 15 is 0 Å². The van der Waals surface area contributed by atoms with Crippen LogP contribution in [0.3, 0.4) is 0 Å². The molecule has 1 saturated heterocycles. The van der Waals surface area contributed by atoms with Crippen LogP contribution in [0.4, 0.5) is 0 Å². The van der Waals surface area contributed by atoms with Crippen molar-refractivity contribution in [1.29, 1.82) is 0 Å². The zero-order valence-corrected chi connectivity index (χ0v) is 15.1. The molecule has 1 N–H and O–H groups in total. The zero-order valence-electron chi connectivity index (χ0n) is 15.1. The van der Waals surface area contributed by atoms with Crippen LogP contribution < -0.4 is 5.32 Å². The van der Waals surface area contributed by atoms with Crippen LogP contribution in [0.25, 0.3) is 0 Å². The summed E-state index contributed by atoms with van der Waals surface area (Å²) in [6.07, 6.45) is 5.74. The number of carbonyl (C=O) groups is 3. The fraction of sp³-hybridized carbons (Fsp3) is 0.600. The molecule has 2 bridgehead atoms. The van der Waals surface area contributed by atoms with Crippen LogP contribution in [0.15, 0.2) is 24.4 Å². The van der Waals surface area contributed by atoms with Crippen molar-refractivity contribution < 1.29 is 14.4 Å². The lowest BCUT2D eigenvalue weighted by Gasteiger charge is -2.19. The number of carbonyl (C=O) groups excluding carboxylic acids is 3. The van der Waals surface area contributed by atoms with E-state index in [1.54, 1.807) is 6.20 Å². The quantitative estimate of drug-likeness (QED) is 0.785. The molecule has 3 fully saturated rings. The fourth-order valence-corrected chi connectivity index (χ4v) is 5.13. The van der Waals surface area contributed by atoms with Gasteiger partial charge in [-0.3, -0.25) is 24.3 Å². The van der Waals surface area contributed by atoms with Crippen molar-refractivity contribution >= 4 is 17.7 Å². The summed E-state index contributed by atoms with van der Waals surface area (Å²) in [6, 6.07) is 5.67. The second kappa shape index (κ2) is 6.82. The maximum atomic E-state index is 12.6. The van der Waals surface area contributed by atoms with Crippen LogP contribution in [-0.4, -0.2) is 40.2 Å². The van der Waals surface area contributed by atoms with E-state index in [1.165, 1.54) is 4.90 Å². The molecule has 3 amide bonds. The maximum Gasteiger partial charge on any atom is 0.233 e. The van der Waals surface area contributed by atoms with Crippen molar-refractivity contribution in [2.75, 3.05) is 6.54 Å². The first-order chi connectivity index (χ1) is 12.5. The summed E-state index contributed by atoms with van der Waals surface area (Å²) in [5.74, 6) is 0.356. The van der Waals surface area contributed by atoms with Crippen molar-refractivity contribution in [3.8, 4) is 0 Å². The van der Waals surface area contributed by atoms with Gasteiger partial charge in [-0.15, -0.1) is 0 Å². The highest BCUT2D eigenvalue weighted by Gasteiger charge is 2.60. The van der Waals surface area contributed by atoms with E-state index in [1.807, 2.05) is 25.1 Å². The Morgan fingerprint density at radius 2 is 1.92 bits per heavy atom. The van der Waals surface area contributed by atoms with E-state index in [0.717, 1.165) is 25.0 Å². The second-order valence-corrected chi connectivity index (χ2v) is 7.96. The lowest BCUT2D eigenvalue weighted by molar-refractivity contribution is -0.141.